The molecule has 0 rings (SSSR count). The summed E-state index contributed by atoms with van der Waals surface area (Å²) in [5.74, 6) is 2.18. The van der Waals surface area contributed by atoms with Crippen LogP contribution >= 0.6 is 35.0 Å². The van der Waals surface area contributed by atoms with Gasteiger partial charge < -0.3 is 4.74 Å². The molecule has 4 heteroatoms. The van der Waals surface area contributed by atoms with Crippen molar-refractivity contribution in [1.82, 2.24) is 0 Å². The van der Waals surface area contributed by atoms with E-state index in [1.807, 2.05) is 6.92 Å². The van der Waals surface area contributed by atoms with Crippen LogP contribution in [-0.4, -0.2) is 29.6 Å². The van der Waals surface area contributed by atoms with Crippen LogP contribution in [0.25, 0.3) is 0 Å². The molecule has 0 saturated heterocycles. The Bertz CT molecular complexity index is 64.8. The van der Waals surface area contributed by atoms with Crippen LogP contribution in [-0.2, 0) is 4.74 Å². The highest BCUT2D eigenvalue weighted by atomic mass is 35.5. The van der Waals surface area contributed by atoms with E-state index in [1.54, 1.807) is 11.8 Å². The molecule has 10 heavy (non-hydrogen) atoms. The van der Waals surface area contributed by atoms with Crippen molar-refractivity contribution in [2.75, 3.05) is 24.1 Å². The monoisotopic (exact) mass is 202 g/mol. The van der Waals surface area contributed by atoms with Crippen LogP contribution in [0.3, 0.4) is 0 Å². The summed E-state index contributed by atoms with van der Waals surface area (Å²) >= 11 is 12.6. The van der Waals surface area contributed by atoms with Crippen molar-refractivity contribution in [3.63, 3.8) is 0 Å². The largest absolute Gasteiger partial charge is 0.367 e. The maximum Gasteiger partial charge on any atom is 0.1000 e. The van der Waals surface area contributed by atoms with Gasteiger partial charge in [-0.05, 0) is 6.92 Å². The quantitative estimate of drug-likeness (QED) is 0.484. The van der Waals surface area contributed by atoms with Gasteiger partial charge in [0.25, 0.3) is 0 Å². The number of halogens is 2. The predicted molar refractivity (Wildman–Crippen MR) is 49.3 cm³/mol. The van der Waals surface area contributed by atoms with Crippen molar-refractivity contribution in [3.05, 3.63) is 0 Å². The first kappa shape index (κ1) is 10.9. The number of rotatable bonds is 6. The zero-order valence-corrected chi connectivity index (χ0v) is 8.31. The highest BCUT2D eigenvalue weighted by Crippen LogP contribution is 2.11. The van der Waals surface area contributed by atoms with Crippen LogP contribution in [0.4, 0.5) is 0 Å². The summed E-state index contributed by atoms with van der Waals surface area (Å²) in [5.41, 5.74) is 0.220. The average molecular weight is 203 g/mol. The van der Waals surface area contributed by atoms with Crippen LogP contribution in [0.15, 0.2) is 0 Å². The third kappa shape index (κ3) is 7.00. The van der Waals surface area contributed by atoms with Gasteiger partial charge in [0, 0.05) is 17.5 Å². The Balaban J connectivity index is 3.00. The van der Waals surface area contributed by atoms with Crippen molar-refractivity contribution in [2.24, 2.45) is 0 Å². The normalized spacial score (nSPS) is 13.5. The Kier molecular flexibility index (Phi) is 8.70. The fourth-order valence-electron chi connectivity index (χ4n) is 0.469. The first-order chi connectivity index (χ1) is 4.81. The van der Waals surface area contributed by atoms with Crippen LogP contribution in [0, 0.1) is 0 Å². The number of alkyl halides is 2. The fourth-order valence-corrected chi connectivity index (χ4v) is 1.44. The zero-order valence-electron chi connectivity index (χ0n) is 5.98. The molecule has 0 radical (unpaired) electrons. The summed E-state index contributed by atoms with van der Waals surface area (Å²) in [6, 6.07) is 0. The lowest BCUT2D eigenvalue weighted by Gasteiger charge is -2.09. The van der Waals surface area contributed by atoms with Crippen molar-refractivity contribution < 1.29 is 4.74 Å². The molecule has 0 aliphatic rings. The average Bonchev–Trinajstić information content (AvgIpc) is 1.97. The van der Waals surface area contributed by atoms with E-state index in [0.717, 1.165) is 5.75 Å². The van der Waals surface area contributed by atoms with Gasteiger partial charge >= 0.3 is 0 Å². The first-order valence-electron chi connectivity index (χ1n) is 3.16. The molecule has 1 unspecified atom stereocenters. The number of thioether (sulfide) groups is 1. The number of ether oxygens (including phenoxy) is 1. The molecular formula is C6H12Cl2OS. The minimum atomic E-state index is 0.220. The summed E-state index contributed by atoms with van der Waals surface area (Å²) in [6.45, 7) is 2.63. The van der Waals surface area contributed by atoms with Gasteiger partial charge in [-0.1, -0.05) is 0 Å². The summed E-state index contributed by atoms with van der Waals surface area (Å²) in [6.07, 6.45) is 0. The smallest absolute Gasteiger partial charge is 0.1000 e. The Hall–Kier alpha value is 0.890. The lowest BCUT2D eigenvalue weighted by molar-refractivity contribution is 0.139. The molecule has 0 fully saturated rings. The van der Waals surface area contributed by atoms with E-state index in [-0.39, 0.29) is 5.44 Å². The van der Waals surface area contributed by atoms with E-state index in [4.69, 9.17) is 27.9 Å². The van der Waals surface area contributed by atoms with Gasteiger partial charge in [-0.25, -0.2) is 0 Å². The lowest BCUT2D eigenvalue weighted by Crippen LogP contribution is -2.06. The van der Waals surface area contributed by atoms with Crippen LogP contribution in [0.1, 0.15) is 6.92 Å². The van der Waals surface area contributed by atoms with Crippen molar-refractivity contribution in [3.8, 4) is 0 Å². The summed E-state index contributed by atoms with van der Waals surface area (Å²) in [4.78, 5) is 0. The Morgan fingerprint density at radius 3 is 2.60 bits per heavy atom. The second-order valence-corrected chi connectivity index (χ2v) is 3.85. The first-order valence-corrected chi connectivity index (χ1v) is 5.28. The molecular weight excluding hydrogens is 191 g/mol. The molecule has 0 aliphatic heterocycles. The minimum absolute atomic E-state index is 0.220. The summed E-state index contributed by atoms with van der Waals surface area (Å²) in [5, 5.41) is 0. The lowest BCUT2D eigenvalue weighted by atomic mass is 10.8. The molecule has 1 nitrogen and oxygen atoms in total. The maximum atomic E-state index is 5.48. The summed E-state index contributed by atoms with van der Waals surface area (Å²) < 4.78 is 5.27. The third-order valence-corrected chi connectivity index (χ3v) is 2.47. The Morgan fingerprint density at radius 2 is 2.10 bits per heavy atom. The van der Waals surface area contributed by atoms with Gasteiger partial charge in [0.15, 0.2) is 0 Å². The highest BCUT2D eigenvalue weighted by Gasteiger charge is 1.99. The molecule has 0 saturated carbocycles. The molecule has 0 aromatic rings. The molecule has 0 heterocycles. The van der Waals surface area contributed by atoms with Gasteiger partial charge in [-0.15, -0.1) is 35.0 Å². The summed E-state index contributed by atoms with van der Waals surface area (Å²) in [7, 11) is 0. The van der Waals surface area contributed by atoms with Crippen molar-refractivity contribution in [1.29, 1.82) is 0 Å². The molecule has 1 atom stereocenters. The van der Waals surface area contributed by atoms with Gasteiger partial charge in [0.2, 0.25) is 0 Å². The van der Waals surface area contributed by atoms with Gasteiger partial charge in [0.05, 0.1) is 12.0 Å². The van der Waals surface area contributed by atoms with Crippen molar-refractivity contribution >= 4 is 35.0 Å². The van der Waals surface area contributed by atoms with Crippen LogP contribution in [0.5, 0.6) is 0 Å². The van der Waals surface area contributed by atoms with E-state index in [9.17, 15) is 0 Å². The van der Waals surface area contributed by atoms with E-state index in [1.165, 1.54) is 0 Å². The topological polar surface area (TPSA) is 9.23 Å². The molecule has 0 amide bonds. The molecule has 0 aliphatic carbocycles. The van der Waals surface area contributed by atoms with E-state index >= 15 is 0 Å². The highest BCUT2D eigenvalue weighted by molar-refractivity contribution is 7.99. The van der Waals surface area contributed by atoms with E-state index < -0.39 is 0 Å². The zero-order chi connectivity index (χ0) is 7.82. The molecule has 0 bridgehead atoms. The van der Waals surface area contributed by atoms with Gasteiger partial charge in [-0.2, -0.15) is 0 Å². The van der Waals surface area contributed by atoms with Crippen LogP contribution in [0.2, 0.25) is 0 Å². The second kappa shape index (κ2) is 7.99. The Labute approximate surface area is 76.4 Å². The molecule has 0 aromatic heterocycles. The van der Waals surface area contributed by atoms with Gasteiger partial charge in [-0.3, -0.25) is 0 Å². The SMILES string of the molecule is CC(OCCCl)SCCCl. The third-order valence-electron chi connectivity index (χ3n) is 0.859. The maximum absolute atomic E-state index is 5.48. The molecule has 0 N–H and O–H groups in total. The van der Waals surface area contributed by atoms with Gasteiger partial charge in [0.1, 0.15) is 0 Å². The van der Waals surface area contributed by atoms with E-state index in [2.05, 4.69) is 0 Å². The van der Waals surface area contributed by atoms with E-state index in [0.29, 0.717) is 18.4 Å². The van der Waals surface area contributed by atoms with Crippen molar-refractivity contribution in [2.45, 2.75) is 12.4 Å². The minimum Gasteiger partial charge on any atom is -0.367 e. The predicted octanol–water partition coefficient (Wildman–Crippen LogP) is 2.56. The fraction of sp³-hybridized carbons (Fsp3) is 1.00. The Morgan fingerprint density at radius 1 is 1.40 bits per heavy atom. The second-order valence-electron chi connectivity index (χ2n) is 1.69. The molecule has 0 aromatic carbocycles. The standard InChI is InChI=1S/C6H12Cl2OS/c1-6(9-4-2-7)10-5-3-8/h6H,2-5H2,1H3. The number of hydrogen-bond donors (Lipinski definition) is 0. The number of hydrogen-bond acceptors (Lipinski definition) is 2. The van der Waals surface area contributed by atoms with Crippen LogP contribution < -0.4 is 0 Å². The molecule has 0 spiro atoms. The molecule has 62 valence electrons.